The van der Waals surface area contributed by atoms with Crippen LogP contribution in [0.2, 0.25) is 0 Å². The lowest BCUT2D eigenvalue weighted by molar-refractivity contribution is 0.0956. The molecule has 0 atom stereocenters. The molecule has 0 radical (unpaired) electrons. The fraction of sp³-hybridized carbons (Fsp3) is 0.278. The normalized spacial score (nSPS) is 10.5. The lowest BCUT2D eigenvalue weighted by atomic mass is 10.2. The van der Waals surface area contributed by atoms with Crippen molar-refractivity contribution in [2.45, 2.75) is 19.1 Å². The van der Waals surface area contributed by atoms with E-state index in [0.29, 0.717) is 17.4 Å². The summed E-state index contributed by atoms with van der Waals surface area (Å²) in [6.45, 7) is 4.99. The molecule has 0 aliphatic rings. The van der Waals surface area contributed by atoms with Gasteiger partial charge in [0.25, 0.3) is 5.91 Å². The van der Waals surface area contributed by atoms with Crippen molar-refractivity contribution >= 4 is 17.7 Å². The summed E-state index contributed by atoms with van der Waals surface area (Å²) >= 11 is 1.84. The van der Waals surface area contributed by atoms with Gasteiger partial charge in [0, 0.05) is 17.9 Å². The number of hydrogen-bond donors (Lipinski definition) is 1. The maximum atomic E-state index is 12.0. The summed E-state index contributed by atoms with van der Waals surface area (Å²) in [6, 6.07) is 16.8. The standard InChI is InChI=1S/C18H21NO2S/c1-14(2)22-13-12-19-18(20)15-8-10-17(11-9-15)21-16-6-4-3-5-7-16/h3-11,14H,12-13H2,1-2H3,(H,19,20). The first-order valence-electron chi connectivity index (χ1n) is 7.38. The van der Waals surface area contributed by atoms with Gasteiger partial charge in [-0.15, -0.1) is 0 Å². The Morgan fingerprint density at radius 2 is 1.68 bits per heavy atom. The van der Waals surface area contributed by atoms with E-state index in [2.05, 4.69) is 19.2 Å². The van der Waals surface area contributed by atoms with Gasteiger partial charge in [0.1, 0.15) is 11.5 Å². The van der Waals surface area contributed by atoms with Gasteiger partial charge >= 0.3 is 0 Å². The monoisotopic (exact) mass is 315 g/mol. The molecule has 0 aromatic heterocycles. The summed E-state index contributed by atoms with van der Waals surface area (Å²) in [7, 11) is 0. The zero-order chi connectivity index (χ0) is 15.8. The van der Waals surface area contributed by atoms with Crippen LogP contribution in [-0.2, 0) is 0 Å². The van der Waals surface area contributed by atoms with Crippen molar-refractivity contribution in [1.29, 1.82) is 0 Å². The summed E-state index contributed by atoms with van der Waals surface area (Å²) in [4.78, 5) is 12.0. The molecule has 116 valence electrons. The van der Waals surface area contributed by atoms with Crippen LogP contribution in [0.5, 0.6) is 11.5 Å². The van der Waals surface area contributed by atoms with E-state index < -0.39 is 0 Å². The predicted molar refractivity (Wildman–Crippen MR) is 92.9 cm³/mol. The first-order valence-corrected chi connectivity index (χ1v) is 8.43. The molecular formula is C18H21NO2S. The highest BCUT2D eigenvalue weighted by atomic mass is 32.2. The Labute approximate surface area is 136 Å². The maximum Gasteiger partial charge on any atom is 0.251 e. The number of carbonyl (C=O) groups is 1. The Morgan fingerprint density at radius 1 is 1.05 bits per heavy atom. The molecule has 1 amide bonds. The molecule has 2 rings (SSSR count). The minimum Gasteiger partial charge on any atom is -0.457 e. The van der Waals surface area contributed by atoms with Gasteiger partial charge < -0.3 is 10.1 Å². The Bertz CT molecular complexity index is 582. The van der Waals surface area contributed by atoms with Crippen LogP contribution in [0.4, 0.5) is 0 Å². The fourth-order valence-corrected chi connectivity index (χ4v) is 2.55. The molecule has 3 nitrogen and oxygen atoms in total. The minimum absolute atomic E-state index is 0.0457. The summed E-state index contributed by atoms with van der Waals surface area (Å²) < 4.78 is 5.70. The SMILES string of the molecule is CC(C)SCCNC(=O)c1ccc(Oc2ccccc2)cc1. The second kappa shape index (κ2) is 8.49. The van der Waals surface area contributed by atoms with Gasteiger partial charge in [0.2, 0.25) is 0 Å². The second-order valence-electron chi connectivity index (χ2n) is 5.11. The summed E-state index contributed by atoms with van der Waals surface area (Å²) in [5.74, 6) is 2.39. The van der Waals surface area contributed by atoms with E-state index in [1.54, 1.807) is 12.1 Å². The van der Waals surface area contributed by atoms with Crippen molar-refractivity contribution in [2.24, 2.45) is 0 Å². The molecule has 0 bridgehead atoms. The molecule has 1 N–H and O–H groups in total. The average molecular weight is 315 g/mol. The van der Waals surface area contributed by atoms with E-state index in [9.17, 15) is 4.79 Å². The van der Waals surface area contributed by atoms with Crippen molar-refractivity contribution in [3.05, 3.63) is 60.2 Å². The van der Waals surface area contributed by atoms with Gasteiger partial charge in [0.05, 0.1) is 0 Å². The van der Waals surface area contributed by atoms with Gasteiger partial charge in [0.15, 0.2) is 0 Å². The third kappa shape index (κ3) is 5.45. The smallest absolute Gasteiger partial charge is 0.251 e. The molecular weight excluding hydrogens is 294 g/mol. The van der Waals surface area contributed by atoms with Crippen LogP contribution in [0.1, 0.15) is 24.2 Å². The number of carbonyl (C=O) groups excluding carboxylic acids is 1. The van der Waals surface area contributed by atoms with Gasteiger partial charge in [-0.05, 0) is 41.6 Å². The van der Waals surface area contributed by atoms with Crippen LogP contribution in [0.15, 0.2) is 54.6 Å². The zero-order valence-electron chi connectivity index (χ0n) is 12.9. The van der Waals surface area contributed by atoms with Gasteiger partial charge in [-0.2, -0.15) is 11.8 Å². The molecule has 2 aromatic rings. The topological polar surface area (TPSA) is 38.3 Å². The molecule has 4 heteroatoms. The number of benzene rings is 2. The molecule has 0 aliphatic carbocycles. The third-order valence-corrected chi connectivity index (χ3v) is 4.04. The number of rotatable bonds is 7. The van der Waals surface area contributed by atoms with Crippen LogP contribution in [0.25, 0.3) is 0 Å². The molecule has 0 unspecified atom stereocenters. The van der Waals surface area contributed by atoms with Crippen LogP contribution < -0.4 is 10.1 Å². The van der Waals surface area contributed by atoms with E-state index in [0.717, 1.165) is 17.3 Å². The lowest BCUT2D eigenvalue weighted by Gasteiger charge is -2.08. The van der Waals surface area contributed by atoms with Gasteiger partial charge in [-0.1, -0.05) is 32.0 Å². The van der Waals surface area contributed by atoms with E-state index in [4.69, 9.17) is 4.74 Å². The van der Waals surface area contributed by atoms with Crippen LogP contribution in [0.3, 0.4) is 0 Å². The number of amides is 1. The van der Waals surface area contributed by atoms with Crippen LogP contribution >= 0.6 is 11.8 Å². The molecule has 0 heterocycles. The quantitative estimate of drug-likeness (QED) is 0.772. The van der Waals surface area contributed by atoms with Crippen molar-refractivity contribution in [1.82, 2.24) is 5.32 Å². The minimum atomic E-state index is -0.0457. The van der Waals surface area contributed by atoms with Crippen LogP contribution in [-0.4, -0.2) is 23.5 Å². The van der Waals surface area contributed by atoms with Crippen molar-refractivity contribution in [3.63, 3.8) is 0 Å². The Kier molecular flexibility index (Phi) is 6.34. The number of para-hydroxylation sites is 1. The highest BCUT2D eigenvalue weighted by molar-refractivity contribution is 7.99. The highest BCUT2D eigenvalue weighted by Gasteiger charge is 2.05. The summed E-state index contributed by atoms with van der Waals surface area (Å²) in [6.07, 6.45) is 0. The Balaban J connectivity index is 1.84. The predicted octanol–water partition coefficient (Wildman–Crippen LogP) is 4.35. The third-order valence-electron chi connectivity index (χ3n) is 2.93. The average Bonchev–Trinajstić information content (AvgIpc) is 2.53. The first kappa shape index (κ1) is 16.4. The number of thioether (sulfide) groups is 1. The number of hydrogen-bond acceptors (Lipinski definition) is 3. The van der Waals surface area contributed by atoms with E-state index in [1.807, 2.05) is 54.2 Å². The largest absolute Gasteiger partial charge is 0.457 e. The van der Waals surface area contributed by atoms with Crippen molar-refractivity contribution < 1.29 is 9.53 Å². The molecule has 0 aliphatic heterocycles. The fourth-order valence-electron chi connectivity index (χ4n) is 1.86. The lowest BCUT2D eigenvalue weighted by Crippen LogP contribution is -2.25. The number of nitrogens with one attached hydrogen (secondary N) is 1. The Morgan fingerprint density at radius 3 is 2.32 bits per heavy atom. The van der Waals surface area contributed by atoms with Crippen LogP contribution in [0, 0.1) is 0 Å². The zero-order valence-corrected chi connectivity index (χ0v) is 13.7. The summed E-state index contributed by atoms with van der Waals surface area (Å²) in [5.41, 5.74) is 0.648. The maximum absolute atomic E-state index is 12.0. The van der Waals surface area contributed by atoms with E-state index in [1.165, 1.54) is 0 Å². The molecule has 0 saturated heterocycles. The Hall–Kier alpha value is -1.94. The molecule has 0 spiro atoms. The van der Waals surface area contributed by atoms with E-state index >= 15 is 0 Å². The van der Waals surface area contributed by atoms with Gasteiger partial charge in [-0.3, -0.25) is 4.79 Å². The molecule has 0 fully saturated rings. The van der Waals surface area contributed by atoms with Gasteiger partial charge in [-0.25, -0.2) is 0 Å². The highest BCUT2D eigenvalue weighted by Crippen LogP contribution is 2.21. The number of ether oxygens (including phenoxy) is 1. The molecule has 22 heavy (non-hydrogen) atoms. The van der Waals surface area contributed by atoms with E-state index in [-0.39, 0.29) is 5.91 Å². The van der Waals surface area contributed by atoms with Crippen molar-refractivity contribution in [2.75, 3.05) is 12.3 Å². The van der Waals surface area contributed by atoms with Crippen molar-refractivity contribution in [3.8, 4) is 11.5 Å². The molecule has 0 saturated carbocycles. The molecule has 2 aromatic carbocycles. The summed E-state index contributed by atoms with van der Waals surface area (Å²) in [5, 5.41) is 3.51. The first-order chi connectivity index (χ1) is 10.6. The second-order valence-corrected chi connectivity index (χ2v) is 6.80.